The standard InChI is InChI=1S/C27H23F3N4O6/c1-40-20-13-22(36)34(26(20)39)19-14-31-24(17-10-6-3-7-11-17)33(25(19)38)15-21(35)32-18(23(37)27(28,29)30)12-16-8-4-2-5-9-16/h2-11,14,18,20H,12-13,15H2,1H3,(H,32,35). The van der Waals surface area contributed by atoms with Gasteiger partial charge in [-0.2, -0.15) is 13.2 Å². The van der Waals surface area contributed by atoms with Crippen LogP contribution in [0.5, 0.6) is 0 Å². The van der Waals surface area contributed by atoms with Crippen LogP contribution in [-0.4, -0.2) is 58.5 Å². The fourth-order valence-corrected chi connectivity index (χ4v) is 4.28. The van der Waals surface area contributed by atoms with Crippen molar-refractivity contribution in [2.75, 3.05) is 12.0 Å². The zero-order valence-corrected chi connectivity index (χ0v) is 21.1. The molecule has 0 radical (unpaired) electrons. The summed E-state index contributed by atoms with van der Waals surface area (Å²) in [6.07, 6.45) is -6.08. The van der Waals surface area contributed by atoms with Gasteiger partial charge in [0.05, 0.1) is 12.6 Å². The molecule has 2 unspecified atom stereocenters. The largest absolute Gasteiger partial charge is 0.452 e. The van der Waals surface area contributed by atoms with E-state index in [-0.39, 0.29) is 12.2 Å². The third-order valence-electron chi connectivity index (χ3n) is 6.21. The smallest absolute Gasteiger partial charge is 0.371 e. The molecule has 208 valence electrons. The van der Waals surface area contributed by atoms with Crippen molar-refractivity contribution in [2.24, 2.45) is 0 Å². The van der Waals surface area contributed by atoms with Crippen molar-refractivity contribution in [1.29, 1.82) is 0 Å². The predicted octanol–water partition coefficient (Wildman–Crippen LogP) is 2.05. The van der Waals surface area contributed by atoms with Crippen LogP contribution in [0.2, 0.25) is 0 Å². The highest BCUT2D eigenvalue weighted by atomic mass is 19.4. The number of imide groups is 1. The van der Waals surface area contributed by atoms with E-state index in [1.165, 1.54) is 19.2 Å². The number of ketones is 1. The maximum absolute atomic E-state index is 13.6. The molecule has 2 heterocycles. The highest BCUT2D eigenvalue weighted by Gasteiger charge is 2.44. The van der Waals surface area contributed by atoms with Crippen LogP contribution in [0.4, 0.5) is 18.9 Å². The summed E-state index contributed by atoms with van der Waals surface area (Å²) in [5.74, 6) is -4.82. The van der Waals surface area contributed by atoms with E-state index in [1.54, 1.807) is 48.5 Å². The number of methoxy groups -OCH3 is 1. The maximum Gasteiger partial charge on any atom is 0.452 e. The number of benzene rings is 2. The number of anilines is 1. The molecule has 2 aromatic carbocycles. The molecule has 40 heavy (non-hydrogen) atoms. The molecule has 1 aromatic heterocycles. The van der Waals surface area contributed by atoms with E-state index in [4.69, 9.17) is 4.74 Å². The monoisotopic (exact) mass is 556 g/mol. The Kier molecular flexibility index (Phi) is 8.24. The average Bonchev–Trinajstić information content (AvgIpc) is 3.22. The highest BCUT2D eigenvalue weighted by molar-refractivity contribution is 6.21. The van der Waals surface area contributed by atoms with E-state index in [2.05, 4.69) is 10.3 Å². The lowest BCUT2D eigenvalue weighted by Crippen LogP contribution is -2.49. The molecule has 10 nitrogen and oxygen atoms in total. The molecule has 1 N–H and O–H groups in total. The molecule has 1 aliphatic heterocycles. The molecule has 0 spiro atoms. The van der Waals surface area contributed by atoms with Gasteiger partial charge in [0.25, 0.3) is 17.2 Å². The van der Waals surface area contributed by atoms with Crippen LogP contribution < -0.4 is 15.8 Å². The van der Waals surface area contributed by atoms with E-state index >= 15 is 0 Å². The fourth-order valence-electron chi connectivity index (χ4n) is 4.28. The van der Waals surface area contributed by atoms with Gasteiger partial charge >= 0.3 is 6.18 Å². The summed E-state index contributed by atoms with van der Waals surface area (Å²) >= 11 is 0. The van der Waals surface area contributed by atoms with Crippen molar-refractivity contribution in [1.82, 2.24) is 14.9 Å². The number of nitrogens with one attached hydrogen (secondary N) is 1. The minimum Gasteiger partial charge on any atom is -0.371 e. The van der Waals surface area contributed by atoms with Crippen LogP contribution >= 0.6 is 0 Å². The van der Waals surface area contributed by atoms with Crippen LogP contribution in [0.15, 0.2) is 71.7 Å². The van der Waals surface area contributed by atoms with Gasteiger partial charge in [-0.15, -0.1) is 0 Å². The number of Topliss-reactive ketones (excluding diaryl/α,β-unsaturated/α-hetero) is 1. The average molecular weight is 556 g/mol. The number of hydrogen-bond donors (Lipinski definition) is 1. The van der Waals surface area contributed by atoms with E-state index in [1.807, 2.05) is 0 Å². The minimum absolute atomic E-state index is 0.0476. The summed E-state index contributed by atoms with van der Waals surface area (Å²) in [5.41, 5.74) is -0.673. The normalized spacial score (nSPS) is 16.2. The van der Waals surface area contributed by atoms with Crippen LogP contribution in [0.3, 0.4) is 0 Å². The van der Waals surface area contributed by atoms with Gasteiger partial charge in [0.1, 0.15) is 30.2 Å². The quantitative estimate of drug-likeness (QED) is 0.400. The Morgan fingerprint density at radius 2 is 1.68 bits per heavy atom. The number of carbonyl (C=O) groups is 4. The third-order valence-corrected chi connectivity index (χ3v) is 6.21. The van der Waals surface area contributed by atoms with Crippen molar-refractivity contribution in [3.8, 4) is 11.4 Å². The number of amides is 3. The molecule has 1 fully saturated rings. The van der Waals surface area contributed by atoms with Gasteiger partial charge in [0.15, 0.2) is 0 Å². The molecule has 0 saturated carbocycles. The molecule has 3 aromatic rings. The molecular weight excluding hydrogens is 533 g/mol. The fraction of sp³-hybridized carbons (Fsp3) is 0.259. The number of halogens is 3. The number of rotatable bonds is 9. The first-order valence-corrected chi connectivity index (χ1v) is 12.0. The van der Waals surface area contributed by atoms with Crippen LogP contribution in [-0.2, 0) is 36.9 Å². The van der Waals surface area contributed by atoms with E-state index in [0.717, 1.165) is 10.8 Å². The number of carbonyl (C=O) groups excluding carboxylic acids is 4. The lowest BCUT2D eigenvalue weighted by atomic mass is 10.0. The summed E-state index contributed by atoms with van der Waals surface area (Å²) in [4.78, 5) is 68.7. The van der Waals surface area contributed by atoms with Gasteiger partial charge in [-0.05, 0) is 5.56 Å². The Bertz CT molecular complexity index is 1490. The molecular formula is C27H23F3N4O6. The predicted molar refractivity (Wildman–Crippen MR) is 135 cm³/mol. The number of nitrogens with zero attached hydrogens (tertiary/aromatic N) is 3. The Morgan fingerprint density at radius 1 is 1.05 bits per heavy atom. The maximum atomic E-state index is 13.6. The van der Waals surface area contributed by atoms with Gasteiger partial charge in [-0.1, -0.05) is 60.7 Å². The number of hydrogen-bond acceptors (Lipinski definition) is 7. The summed E-state index contributed by atoms with van der Waals surface area (Å²) in [7, 11) is 1.23. The Morgan fingerprint density at radius 3 is 2.25 bits per heavy atom. The first-order valence-electron chi connectivity index (χ1n) is 12.0. The number of aromatic nitrogens is 2. The van der Waals surface area contributed by atoms with Crippen molar-refractivity contribution in [3.63, 3.8) is 0 Å². The molecule has 4 rings (SSSR count). The van der Waals surface area contributed by atoms with Gasteiger partial charge < -0.3 is 10.1 Å². The zero-order chi connectivity index (χ0) is 29.0. The van der Waals surface area contributed by atoms with E-state index in [9.17, 15) is 37.1 Å². The second-order valence-electron chi connectivity index (χ2n) is 8.89. The molecule has 0 bridgehead atoms. The van der Waals surface area contributed by atoms with Crippen molar-refractivity contribution >= 4 is 29.2 Å². The van der Waals surface area contributed by atoms with Crippen LogP contribution in [0.1, 0.15) is 12.0 Å². The summed E-state index contributed by atoms with van der Waals surface area (Å²) in [6, 6.07) is 13.9. The molecule has 0 aliphatic carbocycles. The molecule has 1 saturated heterocycles. The highest BCUT2D eigenvalue weighted by Crippen LogP contribution is 2.24. The molecule has 13 heteroatoms. The van der Waals surface area contributed by atoms with Gasteiger partial charge in [-0.25, -0.2) is 9.88 Å². The number of alkyl halides is 3. The SMILES string of the molecule is COC1CC(=O)N(c2cnc(-c3ccccc3)n(CC(=O)NC(Cc3ccccc3)C(=O)C(F)(F)F)c2=O)C1=O. The summed E-state index contributed by atoms with van der Waals surface area (Å²) < 4.78 is 45.8. The topological polar surface area (TPSA) is 128 Å². The van der Waals surface area contributed by atoms with Crippen LogP contribution in [0.25, 0.3) is 11.4 Å². The minimum atomic E-state index is -5.23. The molecule has 2 atom stereocenters. The number of ether oxygens (including phenoxy) is 1. The van der Waals surface area contributed by atoms with Gasteiger partial charge in [0.2, 0.25) is 11.8 Å². The van der Waals surface area contributed by atoms with Crippen molar-refractivity contribution in [3.05, 3.63) is 82.8 Å². The second kappa shape index (κ2) is 11.6. The van der Waals surface area contributed by atoms with E-state index in [0.29, 0.717) is 16.0 Å². The van der Waals surface area contributed by atoms with E-state index < -0.39 is 66.0 Å². The lowest BCUT2D eigenvalue weighted by molar-refractivity contribution is -0.173. The zero-order valence-electron chi connectivity index (χ0n) is 21.1. The first-order chi connectivity index (χ1) is 19.0. The summed E-state index contributed by atoms with van der Waals surface area (Å²) in [6.45, 7) is -0.857. The second-order valence-corrected chi connectivity index (χ2v) is 8.89. The first kappa shape index (κ1) is 28.4. The molecule has 1 aliphatic rings. The lowest BCUT2D eigenvalue weighted by Gasteiger charge is -2.21. The Hall–Kier alpha value is -4.65. The van der Waals surface area contributed by atoms with Crippen LogP contribution in [0, 0.1) is 0 Å². The van der Waals surface area contributed by atoms with Crippen molar-refractivity contribution < 1.29 is 37.1 Å². The molecule has 3 amide bonds. The Labute approximate surface area is 225 Å². The summed E-state index contributed by atoms with van der Waals surface area (Å²) in [5, 5.41) is 2.09. The van der Waals surface area contributed by atoms with Gasteiger partial charge in [-0.3, -0.25) is 28.5 Å². The third kappa shape index (κ3) is 5.99. The van der Waals surface area contributed by atoms with Crippen molar-refractivity contribution in [2.45, 2.75) is 37.7 Å². The van der Waals surface area contributed by atoms with Gasteiger partial charge in [0, 0.05) is 19.1 Å². The Balaban J connectivity index is 1.71.